The smallest absolute Gasteiger partial charge is 0.355 e. The van der Waals surface area contributed by atoms with Gasteiger partial charge in [0.25, 0.3) is 5.69 Å². The summed E-state index contributed by atoms with van der Waals surface area (Å²) >= 11 is 1.19. The number of hydrogen-bond acceptors (Lipinski definition) is 7. The lowest BCUT2D eigenvalue weighted by atomic mass is 10.2. The van der Waals surface area contributed by atoms with E-state index in [-0.39, 0.29) is 17.9 Å². The molecule has 2 aromatic rings. The van der Waals surface area contributed by atoms with Crippen molar-refractivity contribution in [3.05, 3.63) is 44.0 Å². The minimum Gasteiger partial charge on any atom is -0.476 e. The van der Waals surface area contributed by atoms with E-state index in [4.69, 9.17) is 5.11 Å². The summed E-state index contributed by atoms with van der Waals surface area (Å²) in [5.41, 5.74) is 0.436. The predicted octanol–water partition coefficient (Wildman–Crippen LogP) is 2.07. The van der Waals surface area contributed by atoms with Crippen LogP contribution in [0.2, 0.25) is 0 Å². The minimum atomic E-state index is -1.09. The maximum atomic E-state index is 10.8. The van der Waals surface area contributed by atoms with Crippen LogP contribution in [0.25, 0.3) is 0 Å². The van der Waals surface area contributed by atoms with Gasteiger partial charge < -0.3 is 10.4 Å². The van der Waals surface area contributed by atoms with Crippen LogP contribution < -0.4 is 5.32 Å². The van der Waals surface area contributed by atoms with Crippen molar-refractivity contribution in [2.45, 2.75) is 13.5 Å². The molecule has 0 unspecified atom stereocenters. The van der Waals surface area contributed by atoms with Crippen molar-refractivity contribution < 1.29 is 14.8 Å². The summed E-state index contributed by atoms with van der Waals surface area (Å²) in [6, 6.07) is 1.33. The Morgan fingerprint density at radius 3 is 2.95 bits per heavy atom. The first-order chi connectivity index (χ1) is 9.47. The lowest BCUT2D eigenvalue weighted by Gasteiger charge is -2.04. The molecule has 0 aliphatic carbocycles. The molecule has 2 heterocycles. The second-order valence-electron chi connectivity index (χ2n) is 3.90. The number of thiazole rings is 1. The van der Waals surface area contributed by atoms with Crippen LogP contribution in [0.15, 0.2) is 17.6 Å². The Hall–Kier alpha value is -2.55. The van der Waals surface area contributed by atoms with Crippen LogP contribution in [0.5, 0.6) is 0 Å². The normalized spacial score (nSPS) is 10.2. The van der Waals surface area contributed by atoms with E-state index in [1.54, 1.807) is 6.92 Å². The number of anilines is 1. The molecule has 104 valence electrons. The number of aromatic nitrogens is 2. The molecule has 0 amide bonds. The number of aromatic carboxylic acids is 1. The number of carboxylic acid groups (broad SMARTS) is 1. The molecule has 0 bridgehead atoms. The summed E-state index contributed by atoms with van der Waals surface area (Å²) in [7, 11) is 0. The van der Waals surface area contributed by atoms with E-state index in [0.717, 1.165) is 0 Å². The third-order valence-electron chi connectivity index (χ3n) is 2.46. The number of carboxylic acids is 1. The molecule has 2 rings (SSSR count). The van der Waals surface area contributed by atoms with Gasteiger partial charge in [0.1, 0.15) is 10.8 Å². The minimum absolute atomic E-state index is 0.0188. The molecule has 8 nitrogen and oxygen atoms in total. The highest BCUT2D eigenvalue weighted by atomic mass is 32.1. The summed E-state index contributed by atoms with van der Waals surface area (Å²) in [5, 5.41) is 24.4. The molecule has 0 saturated heterocycles. The van der Waals surface area contributed by atoms with Crippen LogP contribution in [0.4, 0.5) is 11.5 Å². The average Bonchev–Trinajstić information content (AvgIpc) is 2.86. The first-order valence-electron chi connectivity index (χ1n) is 5.50. The van der Waals surface area contributed by atoms with Gasteiger partial charge in [0.2, 0.25) is 0 Å². The van der Waals surface area contributed by atoms with Crippen LogP contribution in [-0.2, 0) is 6.54 Å². The molecule has 2 aromatic heterocycles. The van der Waals surface area contributed by atoms with Crippen molar-refractivity contribution in [1.29, 1.82) is 0 Å². The van der Waals surface area contributed by atoms with Crippen molar-refractivity contribution >= 4 is 28.8 Å². The molecule has 0 fully saturated rings. The molecule has 9 heteroatoms. The first kappa shape index (κ1) is 13.9. The fourth-order valence-electron chi connectivity index (χ4n) is 1.46. The highest BCUT2D eigenvalue weighted by Crippen LogP contribution is 2.20. The quantitative estimate of drug-likeness (QED) is 0.640. The number of rotatable bonds is 5. The molecule has 0 radical (unpaired) electrons. The van der Waals surface area contributed by atoms with E-state index in [2.05, 4.69) is 15.3 Å². The zero-order valence-electron chi connectivity index (χ0n) is 10.4. The van der Waals surface area contributed by atoms with E-state index in [1.165, 1.54) is 29.0 Å². The fraction of sp³-hybridized carbons (Fsp3) is 0.182. The van der Waals surface area contributed by atoms with Gasteiger partial charge in [0.15, 0.2) is 5.69 Å². The highest BCUT2D eigenvalue weighted by Gasteiger charge is 2.13. The molecule has 2 N–H and O–H groups in total. The Morgan fingerprint density at radius 1 is 1.60 bits per heavy atom. The third kappa shape index (κ3) is 3.06. The van der Waals surface area contributed by atoms with Gasteiger partial charge in [0.05, 0.1) is 17.5 Å². The zero-order valence-corrected chi connectivity index (χ0v) is 11.2. The van der Waals surface area contributed by atoms with Gasteiger partial charge in [0, 0.05) is 17.1 Å². The van der Waals surface area contributed by atoms with Crippen LogP contribution in [0.3, 0.4) is 0 Å². The Balaban J connectivity index is 2.08. The number of hydrogen-bond donors (Lipinski definition) is 2. The van der Waals surface area contributed by atoms with Gasteiger partial charge in [-0.15, -0.1) is 11.3 Å². The van der Waals surface area contributed by atoms with E-state index in [1.807, 2.05) is 0 Å². The Kier molecular flexibility index (Phi) is 3.89. The maximum absolute atomic E-state index is 10.8. The highest BCUT2D eigenvalue weighted by molar-refractivity contribution is 7.09. The number of nitro groups is 1. The van der Waals surface area contributed by atoms with Crippen molar-refractivity contribution in [3.8, 4) is 0 Å². The average molecular weight is 294 g/mol. The molecule has 20 heavy (non-hydrogen) atoms. The van der Waals surface area contributed by atoms with E-state index < -0.39 is 10.9 Å². The fourth-order valence-corrected chi connectivity index (χ4v) is 2.17. The molecule has 0 spiro atoms. The van der Waals surface area contributed by atoms with E-state index in [9.17, 15) is 14.9 Å². The summed E-state index contributed by atoms with van der Waals surface area (Å²) in [6.45, 7) is 1.86. The largest absolute Gasteiger partial charge is 0.476 e. The van der Waals surface area contributed by atoms with Crippen molar-refractivity contribution in [2.75, 3.05) is 5.32 Å². The van der Waals surface area contributed by atoms with E-state index in [0.29, 0.717) is 16.4 Å². The number of nitrogens with zero attached hydrogens (tertiary/aromatic N) is 3. The lowest BCUT2D eigenvalue weighted by Crippen LogP contribution is -2.04. The molecule has 0 aliphatic rings. The SMILES string of the molecule is Cc1cnc(NCc2nc(C(=O)O)cs2)cc1[N+](=O)[O-]. The van der Waals surface area contributed by atoms with Crippen LogP contribution in [0.1, 0.15) is 21.1 Å². The van der Waals surface area contributed by atoms with Gasteiger partial charge in [-0.05, 0) is 6.92 Å². The van der Waals surface area contributed by atoms with Crippen molar-refractivity contribution in [3.63, 3.8) is 0 Å². The predicted molar refractivity (Wildman–Crippen MR) is 72.0 cm³/mol. The molecule has 0 aromatic carbocycles. The molecular formula is C11H10N4O4S. The van der Waals surface area contributed by atoms with Crippen molar-refractivity contribution in [2.24, 2.45) is 0 Å². The molecular weight excluding hydrogens is 284 g/mol. The number of carbonyl (C=O) groups is 1. The molecule has 0 saturated carbocycles. The van der Waals surface area contributed by atoms with Crippen molar-refractivity contribution in [1.82, 2.24) is 9.97 Å². The summed E-state index contributed by atoms with van der Waals surface area (Å²) < 4.78 is 0. The summed E-state index contributed by atoms with van der Waals surface area (Å²) in [5.74, 6) is -0.744. The van der Waals surface area contributed by atoms with Gasteiger partial charge in [-0.2, -0.15) is 0 Å². The molecule has 0 aliphatic heterocycles. The lowest BCUT2D eigenvalue weighted by molar-refractivity contribution is -0.385. The second-order valence-corrected chi connectivity index (χ2v) is 4.84. The topological polar surface area (TPSA) is 118 Å². The zero-order chi connectivity index (χ0) is 14.7. The summed E-state index contributed by atoms with van der Waals surface area (Å²) in [6.07, 6.45) is 1.41. The standard InChI is InChI=1S/C11H10N4O4S/c1-6-3-12-9(2-8(6)15(18)19)13-4-10-14-7(5-20-10)11(16)17/h2-3,5H,4H2,1H3,(H,12,13)(H,16,17). The Labute approximate surface area is 117 Å². The van der Waals surface area contributed by atoms with Gasteiger partial charge in [-0.3, -0.25) is 10.1 Å². The Bertz CT molecular complexity index is 670. The number of aryl methyl sites for hydroxylation is 1. The monoisotopic (exact) mass is 294 g/mol. The number of nitrogens with one attached hydrogen (secondary N) is 1. The van der Waals surface area contributed by atoms with Gasteiger partial charge in [-0.1, -0.05) is 0 Å². The van der Waals surface area contributed by atoms with Crippen LogP contribution >= 0.6 is 11.3 Å². The number of pyridine rings is 1. The van der Waals surface area contributed by atoms with Gasteiger partial charge >= 0.3 is 5.97 Å². The second kappa shape index (κ2) is 5.61. The van der Waals surface area contributed by atoms with Crippen LogP contribution in [-0.4, -0.2) is 26.0 Å². The first-order valence-corrected chi connectivity index (χ1v) is 6.38. The third-order valence-corrected chi connectivity index (χ3v) is 3.31. The molecule has 0 atom stereocenters. The Morgan fingerprint density at radius 2 is 2.35 bits per heavy atom. The van der Waals surface area contributed by atoms with Crippen LogP contribution in [0, 0.1) is 17.0 Å². The van der Waals surface area contributed by atoms with Gasteiger partial charge in [-0.25, -0.2) is 14.8 Å². The van der Waals surface area contributed by atoms with E-state index >= 15 is 0 Å². The maximum Gasteiger partial charge on any atom is 0.355 e. The summed E-state index contributed by atoms with van der Waals surface area (Å²) in [4.78, 5) is 28.9.